The maximum absolute atomic E-state index is 13.9. The van der Waals surface area contributed by atoms with Crippen LogP contribution in [0.4, 0.5) is 0 Å². The molecule has 72 heavy (non-hydrogen) atoms. The number of ketones is 2. The van der Waals surface area contributed by atoms with E-state index in [9.17, 15) is 28.8 Å². The van der Waals surface area contributed by atoms with Crippen molar-refractivity contribution in [3.05, 3.63) is 116 Å². The summed E-state index contributed by atoms with van der Waals surface area (Å²) in [7, 11) is 10.8. The number of halogens is 2. The van der Waals surface area contributed by atoms with Crippen LogP contribution in [-0.4, -0.2) is 124 Å². The van der Waals surface area contributed by atoms with E-state index in [1.165, 1.54) is 69.0 Å². The van der Waals surface area contributed by atoms with Gasteiger partial charge in [-0.15, -0.1) is 23.2 Å². The topological polar surface area (TPSA) is 213 Å². The average molecular weight is 1040 g/mol. The number of methoxy groups -OCH3 is 8. The second-order valence-electron chi connectivity index (χ2n) is 15.6. The molecule has 18 nitrogen and oxygen atoms in total. The van der Waals surface area contributed by atoms with E-state index in [-0.39, 0.29) is 71.6 Å². The molecule has 10 bridgehead atoms. The lowest BCUT2D eigenvalue weighted by Crippen LogP contribution is -2.18. The molecule has 0 heterocycles. The molecule has 0 aromatic heterocycles. The Hall–Kier alpha value is -7.44. The first kappa shape index (κ1) is 55.5. The summed E-state index contributed by atoms with van der Waals surface area (Å²) in [6, 6.07) is 13.5. The summed E-state index contributed by atoms with van der Waals surface area (Å²) in [6.45, 7) is -1.89. The minimum absolute atomic E-state index is 0.0117. The lowest BCUT2D eigenvalue weighted by atomic mass is 9.88. The van der Waals surface area contributed by atoms with Gasteiger partial charge >= 0.3 is 23.9 Å². The molecule has 0 saturated carbocycles. The standard InChI is InChI=1S/C51H52O18.CH2Cl2/c1-58-40-17-31-11-36-22-47(69-27-51(57)65-8)37(23-46(36)68-26-50(56)64-7)13-33-19-42(60-3)32(18-43(33)61-4)12-35-21-44(66-24-48(54)62-5)34(20-45(35)67-25-49(55)63-6)10-29-15-38(52)28(14-39(29)53)9-30(40)16-41(31)59-2;2-1-3/h14-23H,9-13,24-27H2,1-8H3;1H2. The van der Waals surface area contributed by atoms with Gasteiger partial charge in [-0.1, -0.05) is 0 Å². The molecule has 0 amide bonds. The minimum atomic E-state index is -0.683. The highest BCUT2D eigenvalue weighted by atomic mass is 35.5. The Balaban J connectivity index is 0.00000313. The van der Waals surface area contributed by atoms with Crippen LogP contribution in [0.15, 0.2) is 71.8 Å². The molecule has 0 radical (unpaired) electrons. The highest BCUT2D eigenvalue weighted by Crippen LogP contribution is 2.41. The Kier molecular flexibility index (Phi) is 20.6. The highest BCUT2D eigenvalue weighted by molar-refractivity contribution is 6.40. The number of hydrogen-bond donors (Lipinski definition) is 0. The smallest absolute Gasteiger partial charge is 0.343 e. The fourth-order valence-corrected chi connectivity index (χ4v) is 7.71. The number of ether oxygens (including phenoxy) is 12. The lowest BCUT2D eigenvalue weighted by molar-refractivity contribution is -0.143. The molecule has 0 N–H and O–H groups in total. The molecule has 0 spiro atoms. The van der Waals surface area contributed by atoms with Gasteiger partial charge in [-0.3, -0.25) is 9.59 Å². The summed E-state index contributed by atoms with van der Waals surface area (Å²) < 4.78 is 67.4. The second-order valence-corrected chi connectivity index (χ2v) is 16.4. The van der Waals surface area contributed by atoms with Crippen molar-refractivity contribution in [3.63, 3.8) is 0 Å². The largest absolute Gasteiger partial charge is 0.496 e. The summed E-state index contributed by atoms with van der Waals surface area (Å²) in [4.78, 5) is 77.6. The van der Waals surface area contributed by atoms with Crippen LogP contribution < -0.4 is 37.9 Å². The Morgan fingerprint density at radius 3 is 0.778 bits per heavy atom. The molecule has 15 rings (SSSR count). The quantitative estimate of drug-likeness (QED) is 0.0527. The molecule has 0 atom stereocenters. The average Bonchev–Trinajstić information content (AvgIpc) is 3.38. The molecule has 4 aromatic rings. The van der Waals surface area contributed by atoms with Gasteiger partial charge in [0.2, 0.25) is 0 Å². The fourth-order valence-electron chi connectivity index (χ4n) is 7.71. The zero-order valence-corrected chi connectivity index (χ0v) is 42.5. The number of hydrogen-bond acceptors (Lipinski definition) is 18. The Morgan fingerprint density at radius 1 is 0.361 bits per heavy atom. The first-order chi connectivity index (χ1) is 34.6. The minimum Gasteiger partial charge on any atom is -0.496 e. The van der Waals surface area contributed by atoms with Crippen LogP contribution in [-0.2, 0) is 79.8 Å². The van der Waals surface area contributed by atoms with E-state index in [0.29, 0.717) is 67.5 Å². The van der Waals surface area contributed by atoms with Gasteiger partial charge in [-0.25, -0.2) is 19.2 Å². The van der Waals surface area contributed by atoms with E-state index in [2.05, 4.69) is 0 Å². The Bertz CT molecular complexity index is 2740. The SMILES string of the molecule is COC(=O)COc1cc2c(OCC(=O)OC)cc1CC1=CC(=O)C(=CC1=O)Cc1cc(OC)c(cc1OC)Cc1cc(OCC(=O)OC)c(cc1OCC(=O)OC)Cc1cc(OC)c(cc1OC)C2.ClCCl. The first-order valence-electron chi connectivity index (χ1n) is 21.9. The van der Waals surface area contributed by atoms with Gasteiger partial charge in [0.1, 0.15) is 46.0 Å². The third kappa shape index (κ3) is 14.3. The highest BCUT2D eigenvalue weighted by Gasteiger charge is 2.27. The van der Waals surface area contributed by atoms with Crippen molar-refractivity contribution < 1.29 is 85.6 Å². The predicted octanol–water partition coefficient (Wildman–Crippen LogP) is 6.23. The lowest BCUT2D eigenvalue weighted by Gasteiger charge is -2.21. The molecule has 0 unspecified atom stereocenters. The van der Waals surface area contributed by atoms with Crippen molar-refractivity contribution in [2.75, 3.05) is 88.6 Å². The molecular formula is C52H54Cl2O18. The summed E-state index contributed by atoms with van der Waals surface area (Å²) in [5.74, 6) is -1.06. The first-order valence-corrected chi connectivity index (χ1v) is 22.9. The molecule has 384 valence electrons. The molecule has 11 aliphatic rings. The molecule has 4 aromatic carbocycles. The van der Waals surface area contributed by atoms with Gasteiger partial charge in [-0.2, -0.15) is 0 Å². The Morgan fingerprint density at radius 2 is 0.556 bits per heavy atom. The number of allylic oxidation sites excluding steroid dienone is 4. The summed E-state index contributed by atoms with van der Waals surface area (Å²) in [5, 5.41) is 0.194. The predicted molar refractivity (Wildman–Crippen MR) is 261 cm³/mol. The zero-order chi connectivity index (χ0) is 52.5. The summed E-state index contributed by atoms with van der Waals surface area (Å²) in [5.41, 5.74) is 4.47. The molecule has 0 fully saturated rings. The number of benzene rings is 4. The van der Waals surface area contributed by atoms with Crippen LogP contribution in [0, 0.1) is 0 Å². The number of alkyl halides is 2. The van der Waals surface area contributed by atoms with Crippen LogP contribution in [0.2, 0.25) is 0 Å². The maximum atomic E-state index is 13.9. The van der Waals surface area contributed by atoms with Crippen molar-refractivity contribution in [2.24, 2.45) is 0 Å². The third-order valence-electron chi connectivity index (χ3n) is 11.3. The van der Waals surface area contributed by atoms with Crippen LogP contribution in [0.5, 0.6) is 46.0 Å². The van der Waals surface area contributed by atoms with Crippen molar-refractivity contribution in [1.82, 2.24) is 0 Å². The van der Waals surface area contributed by atoms with Crippen LogP contribution in [0.3, 0.4) is 0 Å². The third-order valence-corrected chi connectivity index (χ3v) is 11.3. The zero-order valence-electron chi connectivity index (χ0n) is 40.9. The molecule has 0 aliphatic heterocycles. The van der Waals surface area contributed by atoms with E-state index in [1.54, 1.807) is 48.5 Å². The van der Waals surface area contributed by atoms with Crippen molar-refractivity contribution >= 4 is 58.6 Å². The Labute approximate surface area is 425 Å². The van der Waals surface area contributed by atoms with Gasteiger partial charge in [0.05, 0.1) is 62.2 Å². The van der Waals surface area contributed by atoms with E-state index in [0.717, 1.165) is 0 Å². The van der Waals surface area contributed by atoms with Gasteiger partial charge < -0.3 is 56.8 Å². The van der Waals surface area contributed by atoms with Gasteiger partial charge in [0.15, 0.2) is 38.0 Å². The van der Waals surface area contributed by atoms with Gasteiger partial charge in [0, 0.05) is 87.8 Å². The number of rotatable bonds is 16. The molecular weight excluding hydrogens is 983 g/mol. The van der Waals surface area contributed by atoms with Crippen molar-refractivity contribution in [3.8, 4) is 46.0 Å². The van der Waals surface area contributed by atoms with Crippen molar-refractivity contribution in [1.29, 1.82) is 0 Å². The summed E-state index contributed by atoms with van der Waals surface area (Å²) in [6.07, 6.45) is 2.70. The van der Waals surface area contributed by atoms with Gasteiger partial charge in [0.25, 0.3) is 0 Å². The van der Waals surface area contributed by atoms with Gasteiger partial charge in [-0.05, 0) is 60.7 Å². The molecule has 0 saturated heterocycles. The number of carbonyl (C=O) groups is 6. The maximum Gasteiger partial charge on any atom is 0.343 e. The van der Waals surface area contributed by atoms with E-state index >= 15 is 0 Å². The van der Waals surface area contributed by atoms with E-state index in [4.69, 9.17) is 80.0 Å². The number of esters is 4. The normalized spacial score (nSPS) is 12.8. The van der Waals surface area contributed by atoms with E-state index in [1.807, 2.05) is 0 Å². The van der Waals surface area contributed by atoms with Crippen LogP contribution in [0.1, 0.15) is 44.5 Å². The van der Waals surface area contributed by atoms with Crippen molar-refractivity contribution in [2.45, 2.75) is 32.1 Å². The number of carbonyl (C=O) groups excluding carboxylic acids is 6. The fraction of sp³-hybridized carbons (Fsp3) is 0.346. The molecule has 11 aliphatic carbocycles. The summed E-state index contributed by atoms with van der Waals surface area (Å²) >= 11 is 9.53. The monoisotopic (exact) mass is 1040 g/mol. The van der Waals surface area contributed by atoms with E-state index < -0.39 is 61.9 Å². The van der Waals surface area contributed by atoms with Crippen LogP contribution >= 0.6 is 23.2 Å². The second kappa shape index (κ2) is 26.7. The van der Waals surface area contributed by atoms with Crippen LogP contribution in [0.25, 0.3) is 0 Å². The molecule has 20 heteroatoms.